The van der Waals surface area contributed by atoms with Crippen LogP contribution in [0.5, 0.6) is 0 Å². The van der Waals surface area contributed by atoms with Crippen LogP contribution in [0.25, 0.3) is 0 Å². The first-order chi connectivity index (χ1) is 11.7. The Bertz CT molecular complexity index is 501. The van der Waals surface area contributed by atoms with Gasteiger partial charge in [0, 0.05) is 13.5 Å². The molecular weight excluding hydrogens is 409 g/mol. The van der Waals surface area contributed by atoms with Gasteiger partial charge in [0.1, 0.15) is 6.10 Å². The molecule has 25 heavy (non-hydrogen) atoms. The SMILES string of the molecule is COO[PH](=O)OP(=O)(OC)OO[PH](=O)OCC1OC(C)[C@@H](O)CC1O. The molecule has 0 aromatic rings. The Balaban J connectivity index is 2.40. The van der Waals surface area contributed by atoms with Crippen molar-refractivity contribution in [3.8, 4) is 0 Å². The summed E-state index contributed by atoms with van der Waals surface area (Å²) < 4.78 is 65.9. The zero-order valence-electron chi connectivity index (χ0n) is 13.6. The van der Waals surface area contributed by atoms with E-state index in [2.05, 4.69) is 27.7 Å². The van der Waals surface area contributed by atoms with E-state index in [0.717, 1.165) is 14.2 Å². The molecule has 0 aromatic carbocycles. The highest BCUT2D eigenvalue weighted by Gasteiger charge is 2.35. The van der Waals surface area contributed by atoms with E-state index in [1.54, 1.807) is 6.92 Å². The fourth-order valence-electron chi connectivity index (χ4n) is 1.71. The number of hydrogen-bond donors (Lipinski definition) is 2. The van der Waals surface area contributed by atoms with Gasteiger partial charge in [0.25, 0.3) is 0 Å². The summed E-state index contributed by atoms with van der Waals surface area (Å²) in [6.45, 7) is 1.25. The van der Waals surface area contributed by atoms with Gasteiger partial charge in [-0.05, 0) is 6.92 Å². The number of hydrogen-bond acceptors (Lipinski definition) is 13. The third-order valence-electron chi connectivity index (χ3n) is 2.97. The third kappa shape index (κ3) is 8.23. The second-order valence-electron chi connectivity index (χ2n) is 4.69. The Morgan fingerprint density at radius 1 is 1.16 bits per heavy atom. The molecule has 13 nitrogen and oxygen atoms in total. The van der Waals surface area contributed by atoms with E-state index in [9.17, 15) is 23.9 Å². The fraction of sp³-hybridized carbons (Fsp3) is 1.00. The first-order valence-corrected chi connectivity index (χ1v) is 10.8. The van der Waals surface area contributed by atoms with Gasteiger partial charge < -0.3 is 19.5 Å². The van der Waals surface area contributed by atoms with E-state index >= 15 is 0 Å². The monoisotopic (exact) mass is 430 g/mol. The average molecular weight is 430 g/mol. The van der Waals surface area contributed by atoms with E-state index in [-0.39, 0.29) is 13.0 Å². The van der Waals surface area contributed by atoms with Crippen molar-refractivity contribution in [3.63, 3.8) is 0 Å². The summed E-state index contributed by atoms with van der Waals surface area (Å²) in [7, 11) is -9.29. The smallest absolute Gasteiger partial charge is 0.390 e. The van der Waals surface area contributed by atoms with E-state index in [0.29, 0.717) is 0 Å². The lowest BCUT2D eigenvalue weighted by Crippen LogP contribution is -2.47. The van der Waals surface area contributed by atoms with Gasteiger partial charge >= 0.3 is 24.3 Å². The molecule has 1 aliphatic rings. The van der Waals surface area contributed by atoms with Crippen molar-refractivity contribution in [2.24, 2.45) is 0 Å². The molecule has 1 aliphatic heterocycles. The summed E-state index contributed by atoms with van der Waals surface area (Å²) >= 11 is 0. The minimum atomic E-state index is -4.49. The first kappa shape index (κ1) is 23.3. The molecule has 6 unspecified atom stereocenters. The molecule has 7 atom stereocenters. The molecule has 16 heteroatoms. The van der Waals surface area contributed by atoms with Crippen molar-refractivity contribution in [2.45, 2.75) is 37.8 Å². The van der Waals surface area contributed by atoms with Crippen molar-refractivity contribution in [1.82, 2.24) is 0 Å². The maximum Gasteiger partial charge on any atom is 0.509 e. The van der Waals surface area contributed by atoms with Gasteiger partial charge in [0.2, 0.25) is 0 Å². The van der Waals surface area contributed by atoms with Gasteiger partial charge in [0.15, 0.2) is 0 Å². The zero-order valence-corrected chi connectivity index (χ0v) is 16.5. The van der Waals surface area contributed by atoms with Crippen LogP contribution in [-0.2, 0) is 50.7 Å². The lowest BCUT2D eigenvalue weighted by atomic mass is 10.00. The second kappa shape index (κ2) is 11.2. The zero-order chi connectivity index (χ0) is 19.0. The number of aliphatic hydroxyl groups excluding tert-OH is 2. The highest BCUT2D eigenvalue weighted by molar-refractivity contribution is 7.56. The average Bonchev–Trinajstić information content (AvgIpc) is 2.55. The number of rotatable bonds is 11. The summed E-state index contributed by atoms with van der Waals surface area (Å²) in [5.41, 5.74) is 0. The second-order valence-corrected chi connectivity index (χ2v) is 8.45. The molecular formula is C9H21O13P3. The Morgan fingerprint density at radius 2 is 1.84 bits per heavy atom. The standard InChI is InChI=1S/C9H21O13P3/c1-6-7(10)4-8(11)9(18-6)5-17-23(12)20-21-25(14,16-3)22-24(13)19-15-2/h6-11,23-24H,4-5H2,1-3H3/t6?,7-,8?,9?,25?/m0/s1. The largest absolute Gasteiger partial charge is 0.509 e. The number of aliphatic hydroxyl groups is 2. The Labute approximate surface area is 144 Å². The van der Waals surface area contributed by atoms with E-state index in [1.165, 1.54) is 0 Å². The van der Waals surface area contributed by atoms with Crippen LogP contribution in [0.2, 0.25) is 0 Å². The van der Waals surface area contributed by atoms with E-state index < -0.39 is 48.7 Å². The summed E-state index contributed by atoms with van der Waals surface area (Å²) in [5, 5.41) is 19.3. The maximum absolute atomic E-state index is 11.8. The van der Waals surface area contributed by atoms with Crippen LogP contribution < -0.4 is 0 Å². The van der Waals surface area contributed by atoms with Crippen LogP contribution in [-0.4, -0.2) is 55.5 Å². The molecule has 0 aromatic heterocycles. The van der Waals surface area contributed by atoms with Gasteiger partial charge in [-0.3, -0.25) is 13.7 Å². The molecule has 1 heterocycles. The van der Waals surface area contributed by atoms with Crippen LogP contribution in [0.1, 0.15) is 13.3 Å². The lowest BCUT2D eigenvalue weighted by molar-refractivity contribution is -0.182. The highest BCUT2D eigenvalue weighted by Crippen LogP contribution is 2.57. The fourth-order valence-corrected chi connectivity index (χ4v) is 4.13. The predicted octanol–water partition coefficient (Wildman–Crippen LogP) is 0.979. The van der Waals surface area contributed by atoms with E-state index in [1.807, 2.05) is 0 Å². The van der Waals surface area contributed by atoms with Crippen LogP contribution in [0.3, 0.4) is 0 Å². The minimum Gasteiger partial charge on any atom is -0.390 e. The van der Waals surface area contributed by atoms with Gasteiger partial charge in [0.05, 0.1) is 32.0 Å². The Hall–Kier alpha value is 0.290. The summed E-state index contributed by atoms with van der Waals surface area (Å²) in [4.78, 5) is 4.05. The minimum absolute atomic E-state index is 0.0635. The quantitative estimate of drug-likeness (QED) is 0.271. The van der Waals surface area contributed by atoms with Gasteiger partial charge in [-0.15, -0.1) is 9.35 Å². The van der Waals surface area contributed by atoms with Gasteiger partial charge in [-0.1, -0.05) is 0 Å². The molecule has 2 N–H and O–H groups in total. The molecule has 0 amide bonds. The molecule has 150 valence electrons. The topological polar surface area (TPSA) is 166 Å². The van der Waals surface area contributed by atoms with Crippen LogP contribution >= 0.6 is 24.3 Å². The molecule has 0 radical (unpaired) electrons. The van der Waals surface area contributed by atoms with Crippen molar-refractivity contribution in [1.29, 1.82) is 0 Å². The molecule has 1 fully saturated rings. The van der Waals surface area contributed by atoms with Crippen molar-refractivity contribution in [3.05, 3.63) is 0 Å². The molecule has 1 saturated heterocycles. The van der Waals surface area contributed by atoms with Crippen LogP contribution in [0.4, 0.5) is 0 Å². The summed E-state index contributed by atoms with van der Waals surface area (Å²) in [6, 6.07) is 0. The molecule has 0 spiro atoms. The number of phosphoric acid groups is 1. The number of ether oxygens (including phenoxy) is 1. The van der Waals surface area contributed by atoms with E-state index in [4.69, 9.17) is 9.26 Å². The molecule has 0 saturated carbocycles. The van der Waals surface area contributed by atoms with Crippen molar-refractivity contribution >= 4 is 24.3 Å². The summed E-state index contributed by atoms with van der Waals surface area (Å²) in [5.74, 6) is 0. The molecule has 1 rings (SSSR count). The maximum atomic E-state index is 11.8. The van der Waals surface area contributed by atoms with Gasteiger partial charge in [-0.2, -0.15) is 4.67 Å². The molecule has 0 aliphatic carbocycles. The Kier molecular flexibility index (Phi) is 10.5. The van der Waals surface area contributed by atoms with Crippen LogP contribution in [0.15, 0.2) is 0 Å². The Morgan fingerprint density at radius 3 is 2.44 bits per heavy atom. The lowest BCUT2D eigenvalue weighted by Gasteiger charge is -2.35. The molecule has 0 bridgehead atoms. The third-order valence-corrected chi connectivity index (χ3v) is 6.23. The van der Waals surface area contributed by atoms with Gasteiger partial charge in [-0.25, -0.2) is 13.8 Å². The predicted molar refractivity (Wildman–Crippen MR) is 80.9 cm³/mol. The first-order valence-electron chi connectivity index (χ1n) is 6.85. The van der Waals surface area contributed by atoms with Crippen LogP contribution in [0, 0.1) is 0 Å². The van der Waals surface area contributed by atoms with Crippen molar-refractivity contribution < 1.29 is 60.9 Å². The summed E-state index contributed by atoms with van der Waals surface area (Å²) in [6.07, 6.45) is -3.20. The normalized spacial score (nSPS) is 32.0. The highest BCUT2D eigenvalue weighted by atomic mass is 31.2. The van der Waals surface area contributed by atoms with Crippen molar-refractivity contribution in [2.75, 3.05) is 20.8 Å².